The lowest BCUT2D eigenvalue weighted by Crippen LogP contribution is -2.46. The summed E-state index contributed by atoms with van der Waals surface area (Å²) in [6, 6.07) is 9.69. The number of carbonyl (C=O) groups is 3. The second-order valence-corrected chi connectivity index (χ2v) is 9.06. The second kappa shape index (κ2) is 9.60. The Labute approximate surface area is 186 Å². The molecule has 0 aliphatic carbocycles. The first-order valence-corrected chi connectivity index (χ1v) is 11.7. The van der Waals surface area contributed by atoms with Gasteiger partial charge in [0.2, 0.25) is 11.8 Å². The molecule has 2 aliphatic heterocycles. The van der Waals surface area contributed by atoms with Crippen molar-refractivity contribution in [2.24, 2.45) is 0 Å². The van der Waals surface area contributed by atoms with Crippen molar-refractivity contribution in [1.82, 2.24) is 10.2 Å². The van der Waals surface area contributed by atoms with Gasteiger partial charge in [0.1, 0.15) is 0 Å². The van der Waals surface area contributed by atoms with Crippen LogP contribution >= 0.6 is 11.8 Å². The lowest BCUT2D eigenvalue weighted by atomic mass is 10.0. The molecule has 3 heterocycles. The molecular formula is C23H27N3O4S. The third kappa shape index (κ3) is 4.95. The van der Waals surface area contributed by atoms with Gasteiger partial charge in [-0.1, -0.05) is 12.1 Å². The first kappa shape index (κ1) is 21.5. The van der Waals surface area contributed by atoms with Gasteiger partial charge in [0.05, 0.1) is 12.0 Å². The van der Waals surface area contributed by atoms with Crippen LogP contribution in [-0.4, -0.2) is 54.1 Å². The van der Waals surface area contributed by atoms with Gasteiger partial charge in [-0.2, -0.15) is 0 Å². The van der Waals surface area contributed by atoms with Crippen molar-refractivity contribution >= 4 is 35.2 Å². The molecule has 31 heavy (non-hydrogen) atoms. The lowest BCUT2D eigenvalue weighted by Gasteiger charge is -2.33. The van der Waals surface area contributed by atoms with Crippen molar-refractivity contribution in [3.63, 3.8) is 0 Å². The zero-order valence-electron chi connectivity index (χ0n) is 17.6. The van der Waals surface area contributed by atoms with Gasteiger partial charge < -0.3 is 19.5 Å². The Balaban J connectivity index is 1.23. The number of furan rings is 1. The lowest BCUT2D eigenvalue weighted by molar-refractivity contribution is -0.134. The highest BCUT2D eigenvalue weighted by Gasteiger charge is 2.27. The van der Waals surface area contributed by atoms with E-state index in [1.165, 1.54) is 6.26 Å². The summed E-state index contributed by atoms with van der Waals surface area (Å²) < 4.78 is 5.24. The van der Waals surface area contributed by atoms with Gasteiger partial charge in [0, 0.05) is 54.7 Å². The van der Waals surface area contributed by atoms with Crippen LogP contribution in [0.3, 0.4) is 0 Å². The molecule has 164 valence electrons. The Kier molecular flexibility index (Phi) is 6.65. The topological polar surface area (TPSA) is 82.9 Å². The van der Waals surface area contributed by atoms with E-state index in [1.807, 2.05) is 31.2 Å². The Morgan fingerprint density at radius 3 is 2.55 bits per heavy atom. The molecule has 2 aliphatic rings. The van der Waals surface area contributed by atoms with E-state index in [2.05, 4.69) is 5.32 Å². The third-order valence-electron chi connectivity index (χ3n) is 5.83. The quantitative estimate of drug-likeness (QED) is 0.770. The molecule has 0 unspecified atom stereocenters. The maximum absolute atomic E-state index is 12.8. The van der Waals surface area contributed by atoms with Crippen molar-refractivity contribution in [2.45, 2.75) is 43.5 Å². The molecule has 0 atom stereocenters. The number of rotatable bonds is 5. The summed E-state index contributed by atoms with van der Waals surface area (Å²) in [5.41, 5.74) is 1.75. The Morgan fingerprint density at radius 2 is 1.81 bits per heavy atom. The minimum atomic E-state index is -0.210. The van der Waals surface area contributed by atoms with E-state index in [0.29, 0.717) is 38.2 Å². The molecule has 4 rings (SSSR count). The largest absolute Gasteiger partial charge is 0.459 e. The van der Waals surface area contributed by atoms with E-state index in [-0.39, 0.29) is 36.6 Å². The fourth-order valence-corrected chi connectivity index (χ4v) is 5.06. The van der Waals surface area contributed by atoms with Gasteiger partial charge in [-0.05, 0) is 38.0 Å². The highest BCUT2D eigenvalue weighted by atomic mass is 32.2. The standard InChI is InChI=1S/C23H27N3O4S/c1-16-10-14-30-22(16)23(29)24-17-8-11-25(12-9-17)20(27)6-7-21(28)26-13-15-31-19-5-3-2-4-18(19)26/h2-5,10,14,17H,6-9,11-13,15H2,1H3,(H,24,29). The van der Waals surface area contributed by atoms with E-state index < -0.39 is 0 Å². The molecule has 1 N–H and O–H groups in total. The first-order chi connectivity index (χ1) is 15.0. The van der Waals surface area contributed by atoms with Gasteiger partial charge in [0.15, 0.2) is 5.76 Å². The molecule has 1 aromatic carbocycles. The molecule has 7 nitrogen and oxygen atoms in total. The predicted molar refractivity (Wildman–Crippen MR) is 119 cm³/mol. The summed E-state index contributed by atoms with van der Waals surface area (Å²) >= 11 is 1.76. The molecule has 0 bridgehead atoms. The third-order valence-corrected chi connectivity index (χ3v) is 6.88. The predicted octanol–water partition coefficient (Wildman–Crippen LogP) is 3.23. The minimum absolute atomic E-state index is 0.000301. The number of nitrogens with zero attached hydrogens (tertiary/aromatic N) is 2. The summed E-state index contributed by atoms with van der Waals surface area (Å²) in [7, 11) is 0. The molecule has 3 amide bonds. The molecule has 1 saturated heterocycles. The highest BCUT2D eigenvalue weighted by molar-refractivity contribution is 7.99. The van der Waals surface area contributed by atoms with Gasteiger partial charge in [0.25, 0.3) is 5.91 Å². The number of para-hydroxylation sites is 1. The maximum Gasteiger partial charge on any atom is 0.287 e. The second-order valence-electron chi connectivity index (χ2n) is 7.92. The van der Waals surface area contributed by atoms with Gasteiger partial charge in [-0.15, -0.1) is 11.8 Å². The van der Waals surface area contributed by atoms with E-state index >= 15 is 0 Å². The number of anilines is 1. The smallest absolute Gasteiger partial charge is 0.287 e. The highest BCUT2D eigenvalue weighted by Crippen LogP contribution is 2.34. The normalized spacial score (nSPS) is 16.7. The van der Waals surface area contributed by atoms with Gasteiger partial charge in [-0.3, -0.25) is 14.4 Å². The summed E-state index contributed by atoms with van der Waals surface area (Å²) in [6.07, 6.45) is 3.33. The Morgan fingerprint density at radius 1 is 1.06 bits per heavy atom. The number of hydrogen-bond acceptors (Lipinski definition) is 5. The zero-order chi connectivity index (χ0) is 21.8. The van der Waals surface area contributed by atoms with Crippen molar-refractivity contribution in [2.75, 3.05) is 30.3 Å². The monoisotopic (exact) mass is 441 g/mol. The van der Waals surface area contributed by atoms with E-state index in [4.69, 9.17) is 4.42 Å². The van der Waals surface area contributed by atoms with Crippen LogP contribution in [-0.2, 0) is 9.59 Å². The first-order valence-electron chi connectivity index (χ1n) is 10.7. The van der Waals surface area contributed by atoms with E-state index in [9.17, 15) is 14.4 Å². The number of aryl methyl sites for hydroxylation is 1. The average Bonchev–Trinajstić information content (AvgIpc) is 3.23. The van der Waals surface area contributed by atoms with Crippen LogP contribution in [0.5, 0.6) is 0 Å². The Hall–Kier alpha value is -2.74. The SMILES string of the molecule is Cc1ccoc1C(=O)NC1CCN(C(=O)CCC(=O)N2CCSc3ccccc32)CC1. The van der Waals surface area contributed by atoms with Crippen molar-refractivity contribution in [1.29, 1.82) is 0 Å². The van der Waals surface area contributed by atoms with Crippen LogP contribution in [0.1, 0.15) is 41.8 Å². The molecule has 8 heteroatoms. The molecule has 0 spiro atoms. The molecule has 0 saturated carbocycles. The molecule has 1 fully saturated rings. The van der Waals surface area contributed by atoms with Crippen LogP contribution < -0.4 is 10.2 Å². The number of hydrogen-bond donors (Lipinski definition) is 1. The van der Waals surface area contributed by atoms with Crippen LogP contribution in [0.25, 0.3) is 0 Å². The number of piperidine rings is 1. The summed E-state index contributed by atoms with van der Waals surface area (Å²) in [4.78, 5) is 42.4. The van der Waals surface area contributed by atoms with Crippen molar-refractivity contribution < 1.29 is 18.8 Å². The molecule has 2 aromatic rings. The maximum atomic E-state index is 12.8. The number of carbonyl (C=O) groups excluding carboxylic acids is 3. The van der Waals surface area contributed by atoms with E-state index in [0.717, 1.165) is 21.9 Å². The summed E-state index contributed by atoms with van der Waals surface area (Å²) in [5.74, 6) is 0.997. The number of benzene rings is 1. The van der Waals surface area contributed by atoms with Crippen LogP contribution in [0.15, 0.2) is 45.9 Å². The fraction of sp³-hybridized carbons (Fsp3) is 0.435. The van der Waals surface area contributed by atoms with Crippen LogP contribution in [0.4, 0.5) is 5.69 Å². The van der Waals surface area contributed by atoms with Gasteiger partial charge >= 0.3 is 0 Å². The number of fused-ring (bicyclic) bond motifs is 1. The summed E-state index contributed by atoms with van der Waals surface area (Å²) in [5, 5.41) is 2.99. The molecule has 1 aromatic heterocycles. The van der Waals surface area contributed by atoms with E-state index in [1.54, 1.807) is 27.6 Å². The fourth-order valence-electron chi connectivity index (χ4n) is 4.07. The van der Waals surface area contributed by atoms with Crippen LogP contribution in [0.2, 0.25) is 0 Å². The van der Waals surface area contributed by atoms with Gasteiger partial charge in [-0.25, -0.2) is 0 Å². The minimum Gasteiger partial charge on any atom is -0.459 e. The average molecular weight is 442 g/mol. The van der Waals surface area contributed by atoms with Crippen molar-refractivity contribution in [3.8, 4) is 0 Å². The number of amides is 3. The van der Waals surface area contributed by atoms with Crippen LogP contribution in [0, 0.1) is 6.92 Å². The number of nitrogens with one attached hydrogen (secondary N) is 1. The zero-order valence-corrected chi connectivity index (χ0v) is 18.5. The Bertz CT molecular complexity index is 965. The molecular weight excluding hydrogens is 414 g/mol. The summed E-state index contributed by atoms with van der Waals surface area (Å²) in [6.45, 7) is 3.67. The number of likely N-dealkylation sites (tertiary alicyclic amines) is 1. The number of thioether (sulfide) groups is 1. The van der Waals surface area contributed by atoms with Crippen molar-refractivity contribution in [3.05, 3.63) is 47.9 Å². The molecule has 0 radical (unpaired) electrons.